The Balaban J connectivity index is 1.48. The Labute approximate surface area is 218 Å². The molecule has 1 aliphatic heterocycles. The number of nitro groups is 1. The molecular weight excluding hydrogens is 484 g/mol. The number of fused-ring (bicyclic) bond motifs is 5. The molecule has 2 fully saturated rings. The highest BCUT2D eigenvalue weighted by Crippen LogP contribution is 2.59. The number of nitrogens with zero attached hydrogens (tertiary/aromatic N) is 2. The first-order valence-electron chi connectivity index (χ1n) is 12.3. The molecule has 190 valence electrons. The summed E-state index contributed by atoms with van der Waals surface area (Å²) in [5.41, 5.74) is 3.63. The molecule has 1 saturated carbocycles. The fourth-order valence-electron chi connectivity index (χ4n) is 6.16. The van der Waals surface area contributed by atoms with Gasteiger partial charge in [-0.1, -0.05) is 48.6 Å². The quantitative estimate of drug-likeness (QED) is 0.200. The number of methoxy groups -OCH3 is 2. The SMILES string of the molecule is COc1ccc(C(=C2[C@H]3C=C[C@H]2[C@@H]2C(=O)N(c4ccccc4[N+](=O)[O-])C(=O)[C@H]23)c2ccc(OC)cc2)cc1. The van der Waals surface area contributed by atoms with Crippen molar-refractivity contribution in [2.45, 2.75) is 0 Å². The van der Waals surface area contributed by atoms with Gasteiger partial charge in [-0.15, -0.1) is 0 Å². The number of para-hydroxylation sites is 2. The molecule has 0 N–H and O–H groups in total. The first kappa shape index (κ1) is 23.7. The second-order valence-electron chi connectivity index (χ2n) is 9.53. The maximum atomic E-state index is 13.8. The van der Waals surface area contributed by atoms with Crippen LogP contribution in [0.2, 0.25) is 0 Å². The van der Waals surface area contributed by atoms with E-state index in [1.165, 1.54) is 18.2 Å². The van der Waals surface area contributed by atoms with Crippen LogP contribution in [0.25, 0.3) is 5.57 Å². The first-order valence-corrected chi connectivity index (χ1v) is 12.3. The number of amides is 2. The summed E-state index contributed by atoms with van der Waals surface area (Å²) in [7, 11) is 3.22. The normalized spacial score (nSPS) is 23.1. The van der Waals surface area contributed by atoms with E-state index in [9.17, 15) is 19.7 Å². The van der Waals surface area contributed by atoms with Crippen LogP contribution in [0.4, 0.5) is 11.4 Å². The molecule has 3 aliphatic rings. The largest absolute Gasteiger partial charge is 0.497 e. The monoisotopic (exact) mass is 508 g/mol. The summed E-state index contributed by atoms with van der Waals surface area (Å²) in [6.07, 6.45) is 4.00. The number of hydrogen-bond donors (Lipinski definition) is 0. The number of carbonyl (C=O) groups is 2. The zero-order valence-corrected chi connectivity index (χ0v) is 20.7. The molecule has 4 atom stereocenters. The lowest BCUT2D eigenvalue weighted by Gasteiger charge is -2.21. The van der Waals surface area contributed by atoms with Crippen LogP contribution >= 0.6 is 0 Å². The number of anilines is 1. The van der Waals surface area contributed by atoms with Crippen molar-refractivity contribution in [3.63, 3.8) is 0 Å². The highest BCUT2D eigenvalue weighted by Gasteiger charge is 2.63. The van der Waals surface area contributed by atoms with Gasteiger partial charge in [0, 0.05) is 17.9 Å². The Hall–Kier alpha value is -4.72. The first-order chi connectivity index (χ1) is 18.4. The number of hydrogen-bond acceptors (Lipinski definition) is 6. The summed E-state index contributed by atoms with van der Waals surface area (Å²) in [5, 5.41) is 11.6. The molecule has 8 nitrogen and oxygen atoms in total. The van der Waals surface area contributed by atoms with Crippen LogP contribution in [-0.2, 0) is 9.59 Å². The molecule has 2 bridgehead atoms. The van der Waals surface area contributed by atoms with Crippen LogP contribution in [0.5, 0.6) is 11.5 Å². The average Bonchev–Trinajstić information content (AvgIpc) is 3.58. The molecule has 1 saturated heterocycles. The van der Waals surface area contributed by atoms with Crippen molar-refractivity contribution < 1.29 is 24.0 Å². The highest BCUT2D eigenvalue weighted by atomic mass is 16.6. The lowest BCUT2D eigenvalue weighted by atomic mass is 9.85. The molecule has 0 aromatic heterocycles. The molecular formula is C30H24N2O6. The van der Waals surface area contributed by atoms with Crippen LogP contribution < -0.4 is 14.4 Å². The van der Waals surface area contributed by atoms with E-state index < -0.39 is 28.6 Å². The van der Waals surface area contributed by atoms with Crippen molar-refractivity contribution in [2.24, 2.45) is 23.7 Å². The van der Waals surface area contributed by atoms with Gasteiger partial charge in [0.1, 0.15) is 17.2 Å². The van der Waals surface area contributed by atoms with Crippen molar-refractivity contribution in [2.75, 3.05) is 19.1 Å². The van der Waals surface area contributed by atoms with E-state index in [1.807, 2.05) is 60.7 Å². The van der Waals surface area contributed by atoms with Gasteiger partial charge in [0.25, 0.3) is 5.69 Å². The van der Waals surface area contributed by atoms with Crippen LogP contribution in [0.1, 0.15) is 11.1 Å². The Bertz CT molecular complexity index is 1440. The van der Waals surface area contributed by atoms with Crippen molar-refractivity contribution >= 4 is 28.8 Å². The van der Waals surface area contributed by atoms with Crippen LogP contribution in [-0.4, -0.2) is 31.0 Å². The second kappa shape index (κ2) is 8.99. The van der Waals surface area contributed by atoms with Crippen molar-refractivity contribution in [1.82, 2.24) is 0 Å². The van der Waals surface area contributed by atoms with E-state index in [0.717, 1.165) is 38.7 Å². The third-order valence-corrected chi connectivity index (χ3v) is 7.78. The van der Waals surface area contributed by atoms with E-state index in [0.29, 0.717) is 0 Å². The van der Waals surface area contributed by atoms with Crippen LogP contribution in [0.15, 0.2) is 90.5 Å². The molecule has 38 heavy (non-hydrogen) atoms. The van der Waals surface area contributed by atoms with Crippen LogP contribution in [0, 0.1) is 33.8 Å². The lowest BCUT2D eigenvalue weighted by molar-refractivity contribution is -0.384. The zero-order valence-electron chi connectivity index (χ0n) is 20.7. The van der Waals surface area contributed by atoms with Gasteiger partial charge in [0.2, 0.25) is 11.8 Å². The molecule has 2 aliphatic carbocycles. The zero-order chi connectivity index (χ0) is 26.6. The molecule has 6 rings (SSSR count). The number of rotatable bonds is 6. The molecule has 0 unspecified atom stereocenters. The maximum Gasteiger partial charge on any atom is 0.293 e. The third-order valence-electron chi connectivity index (χ3n) is 7.78. The number of carbonyl (C=O) groups excluding carboxylic acids is 2. The highest BCUT2D eigenvalue weighted by molar-refractivity contribution is 6.24. The van der Waals surface area contributed by atoms with Gasteiger partial charge in [-0.2, -0.15) is 0 Å². The number of ether oxygens (including phenoxy) is 2. The number of allylic oxidation sites excluding steroid dienone is 3. The summed E-state index contributed by atoms with van der Waals surface area (Å²) in [6.45, 7) is 0. The molecule has 0 spiro atoms. The molecule has 3 aromatic carbocycles. The third kappa shape index (κ3) is 3.44. The van der Waals surface area contributed by atoms with Gasteiger partial charge in [-0.05, 0) is 52.6 Å². The van der Waals surface area contributed by atoms with Gasteiger partial charge < -0.3 is 9.47 Å². The predicted octanol–water partition coefficient (Wildman–Crippen LogP) is 5.04. The fourth-order valence-corrected chi connectivity index (χ4v) is 6.16. The van der Waals surface area contributed by atoms with Gasteiger partial charge in [0.15, 0.2) is 0 Å². The Morgan fingerprint density at radius 2 is 1.24 bits per heavy atom. The Morgan fingerprint density at radius 1 is 0.763 bits per heavy atom. The summed E-state index contributed by atoms with van der Waals surface area (Å²) < 4.78 is 10.7. The summed E-state index contributed by atoms with van der Waals surface area (Å²) in [4.78, 5) is 39.6. The number of imide groups is 1. The minimum absolute atomic E-state index is 0.0253. The topological polar surface area (TPSA) is 99.0 Å². The fraction of sp³-hybridized carbons (Fsp3) is 0.200. The van der Waals surface area contributed by atoms with Crippen molar-refractivity contribution in [1.29, 1.82) is 0 Å². The second-order valence-corrected chi connectivity index (χ2v) is 9.53. The molecule has 1 heterocycles. The van der Waals surface area contributed by atoms with Gasteiger partial charge in [0.05, 0.1) is 31.0 Å². The van der Waals surface area contributed by atoms with Crippen molar-refractivity contribution in [3.05, 3.63) is 112 Å². The minimum atomic E-state index is -0.612. The maximum absolute atomic E-state index is 13.8. The van der Waals surface area contributed by atoms with E-state index in [1.54, 1.807) is 20.3 Å². The van der Waals surface area contributed by atoms with Gasteiger partial charge in [-0.25, -0.2) is 4.90 Å². The van der Waals surface area contributed by atoms with Crippen molar-refractivity contribution in [3.8, 4) is 11.5 Å². The number of benzene rings is 3. The number of nitro benzene ring substituents is 1. The summed E-state index contributed by atoms with van der Waals surface area (Å²) in [6, 6.07) is 21.3. The minimum Gasteiger partial charge on any atom is -0.497 e. The van der Waals surface area contributed by atoms with Gasteiger partial charge in [-0.3, -0.25) is 19.7 Å². The summed E-state index contributed by atoms with van der Waals surface area (Å²) in [5.74, 6) is -1.16. The average molecular weight is 509 g/mol. The molecule has 0 radical (unpaired) electrons. The Kier molecular flexibility index (Phi) is 5.60. The van der Waals surface area contributed by atoms with E-state index in [4.69, 9.17) is 9.47 Å². The smallest absolute Gasteiger partial charge is 0.293 e. The molecule has 2 amide bonds. The molecule has 3 aromatic rings. The predicted molar refractivity (Wildman–Crippen MR) is 141 cm³/mol. The standard InChI is InChI=1S/C30H24N2O6/c1-37-19-11-7-17(8-12-19)25(18-9-13-20(38-2)14-10-18)26-21-15-16-22(26)28-27(21)29(33)31(30(28)34)23-5-3-4-6-24(23)32(35)36/h3-16,21-22,27-28H,1-2H3/t21-,22-,27+,28+/m1/s1. The Morgan fingerprint density at radius 3 is 1.68 bits per heavy atom. The lowest BCUT2D eigenvalue weighted by Crippen LogP contribution is -2.33. The summed E-state index contributed by atoms with van der Waals surface area (Å²) >= 11 is 0. The van der Waals surface area contributed by atoms with E-state index in [-0.39, 0.29) is 23.2 Å². The molecule has 8 heteroatoms. The van der Waals surface area contributed by atoms with E-state index in [2.05, 4.69) is 0 Å². The van der Waals surface area contributed by atoms with Gasteiger partial charge >= 0.3 is 0 Å². The van der Waals surface area contributed by atoms with Crippen LogP contribution in [0.3, 0.4) is 0 Å². The van der Waals surface area contributed by atoms with E-state index >= 15 is 0 Å².